The molecule has 2 aromatic heterocycles. The lowest BCUT2D eigenvalue weighted by molar-refractivity contribution is -0.129. The van der Waals surface area contributed by atoms with Gasteiger partial charge < -0.3 is 24.5 Å². The standard InChI is InChI=1S/C31H38N6O7/c1-3-44-31(43)35(19-11-21-37-28(40)24-13-5-7-15-26(24)33-30(37)42)17-9-8-16-34(22(2)38)18-10-20-36-27(39)23-12-4-6-14-25(23)32-29(36)41/h4-7,12-15H,3,8-11,16-21H2,1-2H3,(H,32,41)(H,33,42). The minimum absolute atomic E-state index is 0.127. The van der Waals surface area contributed by atoms with E-state index in [2.05, 4.69) is 9.97 Å². The fraction of sp³-hybridized carbons (Fsp3) is 0.419. The van der Waals surface area contributed by atoms with E-state index in [1.54, 1.807) is 65.3 Å². The summed E-state index contributed by atoms with van der Waals surface area (Å²) in [4.78, 5) is 84.0. The van der Waals surface area contributed by atoms with Crippen LogP contribution in [0.15, 0.2) is 67.7 Å². The maximum absolute atomic E-state index is 12.8. The molecule has 0 saturated carbocycles. The Hall–Kier alpha value is -4.94. The van der Waals surface area contributed by atoms with Gasteiger partial charge >= 0.3 is 17.5 Å². The van der Waals surface area contributed by atoms with Gasteiger partial charge in [-0.05, 0) is 56.9 Å². The molecule has 2 amide bonds. The number of para-hydroxylation sites is 2. The number of H-pyrrole nitrogens is 2. The van der Waals surface area contributed by atoms with Crippen molar-refractivity contribution < 1.29 is 14.3 Å². The van der Waals surface area contributed by atoms with Gasteiger partial charge in [0.15, 0.2) is 0 Å². The lowest BCUT2D eigenvalue weighted by Crippen LogP contribution is -2.38. The molecule has 234 valence electrons. The number of amides is 2. The molecule has 44 heavy (non-hydrogen) atoms. The van der Waals surface area contributed by atoms with Gasteiger partial charge in [-0.1, -0.05) is 24.3 Å². The van der Waals surface area contributed by atoms with Gasteiger partial charge in [0, 0.05) is 46.2 Å². The molecule has 0 aliphatic heterocycles. The molecule has 2 heterocycles. The highest BCUT2D eigenvalue weighted by molar-refractivity contribution is 5.77. The average molecular weight is 607 g/mol. The van der Waals surface area contributed by atoms with Crippen molar-refractivity contribution >= 4 is 33.8 Å². The Morgan fingerprint density at radius 1 is 0.682 bits per heavy atom. The highest BCUT2D eigenvalue weighted by Gasteiger charge is 2.16. The Balaban J connectivity index is 1.29. The summed E-state index contributed by atoms with van der Waals surface area (Å²) in [6.07, 6.45) is 1.50. The van der Waals surface area contributed by atoms with Crippen LogP contribution in [0.4, 0.5) is 4.79 Å². The van der Waals surface area contributed by atoms with Crippen LogP contribution in [-0.2, 0) is 22.6 Å². The number of nitrogens with one attached hydrogen (secondary N) is 2. The van der Waals surface area contributed by atoms with Crippen LogP contribution in [0.3, 0.4) is 0 Å². The molecule has 0 aliphatic rings. The molecule has 0 atom stereocenters. The van der Waals surface area contributed by atoms with Crippen molar-refractivity contribution in [3.63, 3.8) is 0 Å². The smallest absolute Gasteiger partial charge is 0.409 e. The fourth-order valence-electron chi connectivity index (χ4n) is 5.18. The minimum atomic E-state index is -0.504. The summed E-state index contributed by atoms with van der Waals surface area (Å²) in [6.45, 7) is 5.16. The number of unbranched alkanes of at least 4 members (excludes halogenated alkanes) is 1. The summed E-state index contributed by atoms with van der Waals surface area (Å²) >= 11 is 0. The zero-order valence-electron chi connectivity index (χ0n) is 25.0. The second kappa shape index (κ2) is 15.0. The van der Waals surface area contributed by atoms with Gasteiger partial charge in [0.1, 0.15) is 0 Å². The molecule has 4 aromatic rings. The molecule has 0 bridgehead atoms. The summed E-state index contributed by atoms with van der Waals surface area (Å²) < 4.78 is 7.49. The minimum Gasteiger partial charge on any atom is -0.450 e. The Labute approximate surface area is 252 Å². The molecule has 0 radical (unpaired) electrons. The number of carbonyl (C=O) groups excluding carboxylic acids is 2. The number of hydrogen-bond acceptors (Lipinski definition) is 7. The topological polar surface area (TPSA) is 160 Å². The van der Waals surface area contributed by atoms with Crippen molar-refractivity contribution in [1.29, 1.82) is 0 Å². The van der Waals surface area contributed by atoms with Crippen LogP contribution in [-0.4, -0.2) is 73.7 Å². The Morgan fingerprint density at radius 3 is 1.59 bits per heavy atom. The van der Waals surface area contributed by atoms with Crippen molar-refractivity contribution in [1.82, 2.24) is 28.9 Å². The van der Waals surface area contributed by atoms with E-state index in [0.29, 0.717) is 67.1 Å². The number of hydrogen-bond donors (Lipinski definition) is 2. The molecule has 13 heteroatoms. The van der Waals surface area contributed by atoms with E-state index in [4.69, 9.17) is 4.74 Å². The van der Waals surface area contributed by atoms with E-state index >= 15 is 0 Å². The highest BCUT2D eigenvalue weighted by atomic mass is 16.6. The van der Waals surface area contributed by atoms with Gasteiger partial charge in [-0.15, -0.1) is 0 Å². The number of aromatic amines is 2. The van der Waals surface area contributed by atoms with Gasteiger partial charge in [-0.3, -0.25) is 23.5 Å². The number of fused-ring (bicyclic) bond motifs is 2. The van der Waals surface area contributed by atoms with Gasteiger partial charge in [-0.25, -0.2) is 14.4 Å². The molecule has 13 nitrogen and oxygen atoms in total. The second-order valence-electron chi connectivity index (χ2n) is 10.5. The molecule has 0 aliphatic carbocycles. The van der Waals surface area contributed by atoms with E-state index < -0.39 is 17.5 Å². The van der Waals surface area contributed by atoms with Crippen LogP contribution in [0.25, 0.3) is 21.8 Å². The lowest BCUT2D eigenvalue weighted by atomic mass is 10.2. The van der Waals surface area contributed by atoms with Crippen molar-refractivity contribution in [2.24, 2.45) is 0 Å². The number of carbonyl (C=O) groups is 2. The molecule has 0 saturated heterocycles. The second-order valence-corrected chi connectivity index (χ2v) is 10.5. The Morgan fingerprint density at radius 2 is 1.11 bits per heavy atom. The molecule has 0 spiro atoms. The SMILES string of the molecule is CCOC(=O)N(CCCCN(CCCn1c(=O)[nH]c2ccccc2c1=O)C(C)=O)CCCn1c(=O)[nH]c2ccccc2c1=O. The van der Waals surface area contributed by atoms with E-state index in [1.807, 2.05) is 0 Å². The first-order chi connectivity index (χ1) is 21.2. The molecule has 0 unspecified atom stereocenters. The first kappa shape index (κ1) is 32.0. The highest BCUT2D eigenvalue weighted by Crippen LogP contribution is 2.07. The summed E-state index contributed by atoms with van der Waals surface area (Å²) in [5.41, 5.74) is -0.785. The van der Waals surface area contributed by atoms with E-state index in [9.17, 15) is 28.8 Å². The third kappa shape index (κ3) is 7.71. The fourth-order valence-corrected chi connectivity index (χ4v) is 5.18. The number of aromatic nitrogens is 4. The number of nitrogens with zero attached hydrogens (tertiary/aromatic N) is 4. The number of ether oxygens (including phenoxy) is 1. The van der Waals surface area contributed by atoms with Crippen LogP contribution in [0.1, 0.15) is 39.5 Å². The number of rotatable bonds is 14. The summed E-state index contributed by atoms with van der Waals surface area (Å²) in [5.74, 6) is -0.127. The van der Waals surface area contributed by atoms with E-state index in [1.165, 1.54) is 6.92 Å². The molecule has 2 aromatic carbocycles. The van der Waals surface area contributed by atoms with Crippen molar-refractivity contribution in [2.75, 3.05) is 32.8 Å². The molecular formula is C31H38N6O7. The zero-order chi connectivity index (χ0) is 31.6. The van der Waals surface area contributed by atoms with Crippen LogP contribution >= 0.6 is 0 Å². The molecular weight excluding hydrogens is 568 g/mol. The van der Waals surface area contributed by atoms with Crippen LogP contribution < -0.4 is 22.5 Å². The summed E-state index contributed by atoms with van der Waals surface area (Å²) in [5, 5.41) is 0.846. The third-order valence-corrected chi connectivity index (χ3v) is 7.48. The van der Waals surface area contributed by atoms with E-state index in [0.717, 1.165) is 9.13 Å². The molecule has 0 fully saturated rings. The first-order valence-corrected chi connectivity index (χ1v) is 14.8. The van der Waals surface area contributed by atoms with Crippen LogP contribution in [0.5, 0.6) is 0 Å². The van der Waals surface area contributed by atoms with E-state index in [-0.39, 0.29) is 43.3 Å². The quantitative estimate of drug-likeness (QED) is 0.208. The monoisotopic (exact) mass is 606 g/mol. The molecule has 4 rings (SSSR count). The third-order valence-electron chi connectivity index (χ3n) is 7.48. The number of benzene rings is 2. The Bertz CT molecular complexity index is 1850. The summed E-state index contributed by atoms with van der Waals surface area (Å²) in [7, 11) is 0. The van der Waals surface area contributed by atoms with Crippen molar-refractivity contribution in [3.05, 3.63) is 90.2 Å². The van der Waals surface area contributed by atoms with Crippen LogP contribution in [0, 0.1) is 0 Å². The largest absolute Gasteiger partial charge is 0.450 e. The van der Waals surface area contributed by atoms with Crippen molar-refractivity contribution in [3.8, 4) is 0 Å². The average Bonchev–Trinajstić information content (AvgIpc) is 3.00. The van der Waals surface area contributed by atoms with Gasteiger partial charge in [-0.2, -0.15) is 0 Å². The summed E-state index contributed by atoms with van der Waals surface area (Å²) in [6, 6.07) is 13.6. The van der Waals surface area contributed by atoms with Gasteiger partial charge in [0.2, 0.25) is 5.91 Å². The van der Waals surface area contributed by atoms with Gasteiger partial charge in [0.05, 0.1) is 28.4 Å². The molecule has 2 N–H and O–H groups in total. The van der Waals surface area contributed by atoms with Crippen molar-refractivity contribution in [2.45, 2.75) is 52.6 Å². The van der Waals surface area contributed by atoms with Crippen LogP contribution in [0.2, 0.25) is 0 Å². The van der Waals surface area contributed by atoms with Gasteiger partial charge in [0.25, 0.3) is 11.1 Å². The zero-order valence-corrected chi connectivity index (χ0v) is 25.0. The first-order valence-electron chi connectivity index (χ1n) is 14.8. The predicted octanol–water partition coefficient (Wildman–Crippen LogP) is 2.26. The predicted molar refractivity (Wildman–Crippen MR) is 167 cm³/mol. The maximum atomic E-state index is 12.8. The maximum Gasteiger partial charge on any atom is 0.409 e. The lowest BCUT2D eigenvalue weighted by Gasteiger charge is -2.24. The Kier molecular flexibility index (Phi) is 10.9. The normalized spacial score (nSPS) is 11.1.